The van der Waals surface area contributed by atoms with Crippen LogP contribution in [-0.4, -0.2) is 8.59 Å². The van der Waals surface area contributed by atoms with E-state index in [1.54, 1.807) is 0 Å². The largest absolute Gasteiger partial charge is 0.383 e. The van der Waals surface area contributed by atoms with Crippen LogP contribution in [0.3, 0.4) is 0 Å². The highest BCUT2D eigenvalue weighted by Gasteiger charge is 2.32. The van der Waals surface area contributed by atoms with E-state index in [4.69, 9.17) is 0 Å². The molecule has 0 amide bonds. The van der Waals surface area contributed by atoms with Gasteiger partial charge in [0.1, 0.15) is 11.9 Å². The molecule has 0 saturated heterocycles. The van der Waals surface area contributed by atoms with Crippen LogP contribution < -0.4 is 0 Å². The van der Waals surface area contributed by atoms with Gasteiger partial charge in [-0.15, -0.1) is 0 Å². The van der Waals surface area contributed by atoms with Crippen molar-refractivity contribution in [2.45, 2.75) is 9.59 Å². The van der Waals surface area contributed by atoms with E-state index in [1.165, 1.54) is 12.1 Å². The van der Waals surface area contributed by atoms with Gasteiger partial charge in [0.05, 0.1) is 0 Å². The summed E-state index contributed by atoms with van der Waals surface area (Å²) in [6.45, 7) is 0. The second-order valence-corrected chi connectivity index (χ2v) is 5.87. The molecule has 5 heteroatoms. The van der Waals surface area contributed by atoms with E-state index in [9.17, 15) is 13.9 Å². The maximum absolute atomic E-state index is 13.1. The summed E-state index contributed by atoms with van der Waals surface area (Å²) in [6.07, 6.45) is -1.38. The van der Waals surface area contributed by atoms with E-state index < -0.39 is 15.4 Å². The van der Waals surface area contributed by atoms with Crippen LogP contribution >= 0.6 is 31.9 Å². The lowest BCUT2D eigenvalue weighted by molar-refractivity contribution is 0.114. The van der Waals surface area contributed by atoms with Gasteiger partial charge in [-0.25, -0.2) is 8.78 Å². The first-order chi connectivity index (χ1) is 5.91. The average molecular weight is 316 g/mol. The minimum absolute atomic E-state index is 0.289. The molecule has 0 radical (unpaired) electrons. The van der Waals surface area contributed by atoms with Crippen molar-refractivity contribution in [3.63, 3.8) is 0 Å². The van der Waals surface area contributed by atoms with Gasteiger partial charge in [0.2, 0.25) is 3.49 Å². The zero-order valence-electron chi connectivity index (χ0n) is 6.35. The normalized spacial score (nSPS) is 14.2. The average Bonchev–Trinajstić information content (AvgIpc) is 2.03. The van der Waals surface area contributed by atoms with E-state index >= 15 is 0 Å². The molecule has 0 spiro atoms. The van der Waals surface area contributed by atoms with E-state index in [0.29, 0.717) is 0 Å². The van der Waals surface area contributed by atoms with Crippen molar-refractivity contribution in [3.8, 4) is 0 Å². The second-order valence-electron chi connectivity index (χ2n) is 2.50. The Morgan fingerprint density at radius 2 is 1.69 bits per heavy atom. The lowest BCUT2D eigenvalue weighted by Crippen LogP contribution is -2.16. The summed E-state index contributed by atoms with van der Waals surface area (Å²) in [5.41, 5.74) is 0.289. The molecule has 1 nitrogen and oxygen atoms in total. The molecule has 0 aliphatic heterocycles. The van der Waals surface area contributed by atoms with Gasteiger partial charge in [0.25, 0.3) is 0 Å². The van der Waals surface area contributed by atoms with E-state index in [-0.39, 0.29) is 5.56 Å². The maximum Gasteiger partial charge on any atom is 0.248 e. The van der Waals surface area contributed by atoms with Gasteiger partial charge in [0, 0.05) is 0 Å². The Labute approximate surface area is 91.0 Å². The summed E-state index contributed by atoms with van der Waals surface area (Å²) in [5.74, 6) is -0.426. The minimum atomic E-state index is -2.09. The van der Waals surface area contributed by atoms with Crippen molar-refractivity contribution < 1.29 is 13.9 Å². The first-order valence-electron chi connectivity index (χ1n) is 3.41. The number of rotatable bonds is 2. The minimum Gasteiger partial charge on any atom is -0.383 e. The fraction of sp³-hybridized carbons (Fsp3) is 0.250. The monoisotopic (exact) mass is 314 g/mol. The number of halogens is 4. The van der Waals surface area contributed by atoms with E-state index in [0.717, 1.165) is 12.1 Å². The molecule has 0 heterocycles. The molecule has 1 unspecified atom stereocenters. The lowest BCUT2D eigenvalue weighted by Gasteiger charge is -2.18. The molecule has 1 aromatic carbocycles. The Balaban J connectivity index is 2.90. The van der Waals surface area contributed by atoms with Crippen molar-refractivity contribution in [3.05, 3.63) is 35.6 Å². The zero-order valence-corrected chi connectivity index (χ0v) is 9.52. The number of aliphatic hydroxyl groups is 1. The second kappa shape index (κ2) is 4.02. The number of benzene rings is 1. The molecule has 0 aliphatic rings. The zero-order chi connectivity index (χ0) is 10.1. The maximum atomic E-state index is 13.1. The van der Waals surface area contributed by atoms with Gasteiger partial charge in [-0.05, 0) is 49.6 Å². The van der Waals surface area contributed by atoms with Crippen LogP contribution in [0.25, 0.3) is 0 Å². The molecule has 1 aromatic rings. The Bertz CT molecular complexity index is 281. The molecule has 13 heavy (non-hydrogen) atoms. The van der Waals surface area contributed by atoms with Crippen LogP contribution in [0.2, 0.25) is 0 Å². The predicted octanol–water partition coefficient (Wildman–Crippen LogP) is 3.27. The number of aliphatic hydroxyl groups excluding tert-OH is 1. The van der Waals surface area contributed by atoms with Gasteiger partial charge in [-0.2, -0.15) is 0 Å². The highest BCUT2D eigenvalue weighted by atomic mass is 79.9. The van der Waals surface area contributed by atoms with Crippen LogP contribution in [0.5, 0.6) is 0 Å². The number of hydrogen-bond donors (Lipinski definition) is 1. The van der Waals surface area contributed by atoms with Gasteiger partial charge in [-0.1, -0.05) is 12.1 Å². The molecule has 1 N–H and O–H groups in total. The Morgan fingerprint density at radius 3 is 2.08 bits per heavy atom. The van der Waals surface area contributed by atoms with Crippen LogP contribution in [-0.2, 0) is 0 Å². The third kappa shape index (κ3) is 3.00. The van der Waals surface area contributed by atoms with Crippen LogP contribution in [0.1, 0.15) is 11.7 Å². The topological polar surface area (TPSA) is 20.2 Å². The smallest absolute Gasteiger partial charge is 0.248 e. The van der Waals surface area contributed by atoms with Crippen molar-refractivity contribution >= 4 is 31.9 Å². The van der Waals surface area contributed by atoms with Gasteiger partial charge in [0.15, 0.2) is 0 Å². The summed E-state index contributed by atoms with van der Waals surface area (Å²) in [4.78, 5) is 0. The lowest BCUT2D eigenvalue weighted by atomic mass is 10.1. The molecular formula is C8H6Br2F2O. The quantitative estimate of drug-likeness (QED) is 0.831. The van der Waals surface area contributed by atoms with Crippen molar-refractivity contribution in [1.29, 1.82) is 0 Å². The molecule has 0 fully saturated rings. The molecule has 1 rings (SSSR count). The Kier molecular flexibility index (Phi) is 3.43. The Hall–Kier alpha value is -0.000000000000000222. The Morgan fingerprint density at radius 1 is 1.23 bits per heavy atom. The first kappa shape index (κ1) is 11.1. The summed E-state index contributed by atoms with van der Waals surface area (Å²) in [5, 5.41) is 9.36. The highest BCUT2D eigenvalue weighted by molar-refractivity contribution is 9.25. The van der Waals surface area contributed by atoms with Gasteiger partial charge < -0.3 is 5.11 Å². The molecule has 1 atom stereocenters. The van der Waals surface area contributed by atoms with E-state index in [1.807, 2.05) is 0 Å². The van der Waals surface area contributed by atoms with Crippen molar-refractivity contribution in [2.75, 3.05) is 0 Å². The van der Waals surface area contributed by atoms with Gasteiger partial charge >= 0.3 is 0 Å². The van der Waals surface area contributed by atoms with Gasteiger partial charge in [-0.3, -0.25) is 0 Å². The van der Waals surface area contributed by atoms with Crippen molar-refractivity contribution in [1.82, 2.24) is 0 Å². The third-order valence-electron chi connectivity index (χ3n) is 1.50. The summed E-state index contributed by atoms with van der Waals surface area (Å²) >= 11 is 5.21. The molecule has 0 aromatic heterocycles. The summed E-state index contributed by atoms with van der Waals surface area (Å²) in [7, 11) is 0. The molecule has 72 valence electrons. The first-order valence-corrected chi connectivity index (χ1v) is 5.00. The van der Waals surface area contributed by atoms with Crippen LogP contribution in [0.4, 0.5) is 8.78 Å². The third-order valence-corrected chi connectivity index (χ3v) is 2.36. The number of alkyl halides is 3. The fourth-order valence-corrected chi connectivity index (χ4v) is 1.36. The fourth-order valence-electron chi connectivity index (χ4n) is 0.834. The highest BCUT2D eigenvalue weighted by Crippen LogP contribution is 2.40. The molecule has 0 aliphatic carbocycles. The van der Waals surface area contributed by atoms with Crippen LogP contribution in [0, 0.1) is 5.82 Å². The van der Waals surface area contributed by atoms with Crippen molar-refractivity contribution in [2.24, 2.45) is 0 Å². The van der Waals surface area contributed by atoms with E-state index in [2.05, 4.69) is 31.9 Å². The SMILES string of the molecule is OC(c1ccc(F)cc1)C(F)(Br)Br. The predicted molar refractivity (Wildman–Crippen MR) is 53.1 cm³/mol. The molecule has 0 bridgehead atoms. The van der Waals surface area contributed by atoms with Crippen LogP contribution in [0.15, 0.2) is 24.3 Å². The molecule has 0 saturated carbocycles. The summed E-state index contributed by atoms with van der Waals surface area (Å²) < 4.78 is 23.4. The molecular weight excluding hydrogens is 310 g/mol. The number of hydrogen-bond acceptors (Lipinski definition) is 1. The standard InChI is InChI=1S/C8H6Br2F2O/c9-8(10,12)7(13)5-1-3-6(11)4-2-5/h1-4,7,13H. The summed E-state index contributed by atoms with van der Waals surface area (Å²) in [6, 6.07) is 4.95.